The summed E-state index contributed by atoms with van der Waals surface area (Å²) < 4.78 is 14.5. The predicted octanol–water partition coefficient (Wildman–Crippen LogP) is 1.62. The number of rotatable bonds is 2. The minimum atomic E-state index is -0.261. The highest BCUT2D eigenvalue weighted by Gasteiger charge is 1.97. The molecule has 0 spiro atoms. The average Bonchev–Trinajstić information content (AvgIpc) is 2.27. The molecule has 1 aromatic carbocycles. The largest absolute Gasteiger partial charge is 0.394 e. The molecule has 0 amide bonds. The van der Waals surface area contributed by atoms with Gasteiger partial charge in [0, 0.05) is 25.0 Å². The number of halogens is 1. The van der Waals surface area contributed by atoms with E-state index in [4.69, 9.17) is 5.73 Å². The summed E-state index contributed by atoms with van der Waals surface area (Å²) in [4.78, 5) is 11.1. The zero-order valence-corrected chi connectivity index (χ0v) is 8.56. The highest BCUT2D eigenvalue weighted by atomic mass is 19.1. The van der Waals surface area contributed by atoms with Crippen LogP contribution in [0.3, 0.4) is 0 Å². The maximum Gasteiger partial charge on any atom is 0.204 e. The van der Waals surface area contributed by atoms with Gasteiger partial charge >= 0.3 is 0 Å². The molecule has 0 aliphatic rings. The van der Waals surface area contributed by atoms with E-state index in [1.165, 1.54) is 18.2 Å². The number of nitrogens with zero attached hydrogens (tertiary/aromatic N) is 1. The average molecular weight is 218 g/mol. The van der Waals surface area contributed by atoms with Gasteiger partial charge in [-0.2, -0.15) is 0 Å². The monoisotopic (exact) mass is 218 g/mol. The minimum absolute atomic E-state index is 0.185. The van der Waals surface area contributed by atoms with Gasteiger partial charge in [-0.1, -0.05) is 12.1 Å². The van der Waals surface area contributed by atoms with Crippen LogP contribution in [0.15, 0.2) is 47.5 Å². The molecule has 0 fully saturated rings. The Morgan fingerprint density at radius 2 is 1.88 bits per heavy atom. The van der Waals surface area contributed by atoms with Gasteiger partial charge in [0.2, 0.25) is 5.43 Å². The van der Waals surface area contributed by atoms with Gasteiger partial charge in [0.1, 0.15) is 5.82 Å². The lowest BCUT2D eigenvalue weighted by molar-refractivity contribution is 0.626. The normalized spacial score (nSPS) is 10.3. The molecule has 0 saturated carbocycles. The predicted molar refractivity (Wildman–Crippen MR) is 60.6 cm³/mol. The Morgan fingerprint density at radius 3 is 2.50 bits per heavy atom. The number of benzene rings is 1. The molecule has 3 nitrogen and oxygen atoms in total. The molecule has 16 heavy (non-hydrogen) atoms. The smallest absolute Gasteiger partial charge is 0.204 e. The molecule has 0 aliphatic heterocycles. The van der Waals surface area contributed by atoms with E-state index in [0.29, 0.717) is 6.54 Å². The van der Waals surface area contributed by atoms with Crippen molar-refractivity contribution < 1.29 is 4.39 Å². The molecule has 2 rings (SSSR count). The zero-order valence-electron chi connectivity index (χ0n) is 8.56. The van der Waals surface area contributed by atoms with Gasteiger partial charge in [-0.05, 0) is 17.7 Å². The lowest BCUT2D eigenvalue weighted by Crippen LogP contribution is -2.11. The topological polar surface area (TPSA) is 48.0 Å². The Kier molecular flexibility index (Phi) is 2.72. The van der Waals surface area contributed by atoms with E-state index in [0.717, 1.165) is 5.56 Å². The van der Waals surface area contributed by atoms with Crippen molar-refractivity contribution in [1.82, 2.24) is 4.57 Å². The molecule has 1 aromatic heterocycles. The first-order chi connectivity index (χ1) is 7.65. The number of nitrogen functional groups attached to an aromatic ring is 1. The Labute approximate surface area is 92.0 Å². The zero-order chi connectivity index (χ0) is 11.5. The minimum Gasteiger partial charge on any atom is -0.394 e. The molecule has 0 saturated heterocycles. The summed E-state index contributed by atoms with van der Waals surface area (Å²) in [5, 5.41) is 0. The second-order valence-electron chi connectivity index (χ2n) is 3.56. The van der Waals surface area contributed by atoms with Gasteiger partial charge in [0.05, 0.1) is 5.69 Å². The lowest BCUT2D eigenvalue weighted by Gasteiger charge is -2.06. The first kappa shape index (κ1) is 10.4. The van der Waals surface area contributed by atoms with E-state index in [1.54, 1.807) is 29.1 Å². The van der Waals surface area contributed by atoms with E-state index >= 15 is 0 Å². The third-order valence-corrected chi connectivity index (χ3v) is 2.29. The third kappa shape index (κ3) is 2.28. The first-order valence-electron chi connectivity index (χ1n) is 4.85. The quantitative estimate of drug-likeness (QED) is 0.832. The Hall–Kier alpha value is -2.10. The van der Waals surface area contributed by atoms with Crippen molar-refractivity contribution in [2.75, 3.05) is 5.73 Å². The molecular weight excluding hydrogens is 207 g/mol. The standard InChI is InChI=1S/C12H11FN2O/c13-10-3-1-9(2-4-10)7-15-6-5-12(16)11(14)8-15/h1-6,8H,7,14H2. The molecule has 0 aliphatic carbocycles. The van der Waals surface area contributed by atoms with Gasteiger partial charge in [-0.3, -0.25) is 4.79 Å². The fourth-order valence-electron chi connectivity index (χ4n) is 1.44. The van der Waals surface area contributed by atoms with E-state index in [-0.39, 0.29) is 16.9 Å². The summed E-state index contributed by atoms with van der Waals surface area (Å²) in [7, 11) is 0. The number of aromatic nitrogens is 1. The van der Waals surface area contributed by atoms with E-state index in [1.807, 2.05) is 0 Å². The Morgan fingerprint density at radius 1 is 1.19 bits per heavy atom. The van der Waals surface area contributed by atoms with E-state index < -0.39 is 0 Å². The van der Waals surface area contributed by atoms with E-state index in [9.17, 15) is 9.18 Å². The van der Waals surface area contributed by atoms with E-state index in [2.05, 4.69) is 0 Å². The van der Waals surface area contributed by atoms with Crippen LogP contribution in [0.2, 0.25) is 0 Å². The van der Waals surface area contributed by atoms with Gasteiger partial charge in [0.15, 0.2) is 0 Å². The van der Waals surface area contributed by atoms with Crippen LogP contribution in [0.5, 0.6) is 0 Å². The number of nitrogens with two attached hydrogens (primary N) is 1. The van der Waals surface area contributed by atoms with Crippen molar-refractivity contribution in [2.45, 2.75) is 6.54 Å². The summed E-state index contributed by atoms with van der Waals surface area (Å²) in [6.45, 7) is 0.560. The fraction of sp³-hybridized carbons (Fsp3) is 0.0833. The third-order valence-electron chi connectivity index (χ3n) is 2.29. The van der Waals surface area contributed by atoms with Crippen LogP contribution in [-0.4, -0.2) is 4.57 Å². The molecule has 1 heterocycles. The molecule has 2 N–H and O–H groups in total. The van der Waals surface area contributed by atoms with Crippen LogP contribution < -0.4 is 11.2 Å². The van der Waals surface area contributed by atoms with Gasteiger partial charge < -0.3 is 10.3 Å². The summed E-state index contributed by atoms with van der Waals surface area (Å²) >= 11 is 0. The van der Waals surface area contributed by atoms with Gasteiger partial charge in [0.25, 0.3) is 0 Å². The van der Waals surface area contributed by atoms with Crippen LogP contribution >= 0.6 is 0 Å². The van der Waals surface area contributed by atoms with Crippen molar-refractivity contribution >= 4 is 5.69 Å². The molecule has 0 bridgehead atoms. The second kappa shape index (κ2) is 4.18. The van der Waals surface area contributed by atoms with Crippen molar-refractivity contribution in [2.24, 2.45) is 0 Å². The molecule has 0 unspecified atom stereocenters. The van der Waals surface area contributed by atoms with Crippen molar-refractivity contribution in [1.29, 1.82) is 0 Å². The Balaban J connectivity index is 2.23. The number of hydrogen-bond donors (Lipinski definition) is 1. The summed E-state index contributed by atoms with van der Waals surface area (Å²) in [5.41, 5.74) is 6.48. The molecule has 4 heteroatoms. The van der Waals surface area contributed by atoms with Crippen molar-refractivity contribution in [3.8, 4) is 0 Å². The van der Waals surface area contributed by atoms with Crippen LogP contribution in [0, 0.1) is 5.82 Å². The molecule has 0 atom stereocenters. The van der Waals surface area contributed by atoms with Crippen molar-refractivity contribution in [3.63, 3.8) is 0 Å². The number of pyridine rings is 1. The lowest BCUT2D eigenvalue weighted by atomic mass is 10.2. The van der Waals surface area contributed by atoms with Gasteiger partial charge in [-0.15, -0.1) is 0 Å². The summed E-state index contributed by atoms with van der Waals surface area (Å²) in [6, 6.07) is 7.62. The van der Waals surface area contributed by atoms with Crippen molar-refractivity contribution in [3.05, 3.63) is 64.3 Å². The van der Waals surface area contributed by atoms with Gasteiger partial charge in [-0.25, -0.2) is 4.39 Å². The number of anilines is 1. The van der Waals surface area contributed by atoms with Crippen LogP contribution in [0.1, 0.15) is 5.56 Å². The summed E-state index contributed by atoms with van der Waals surface area (Å²) in [6.07, 6.45) is 3.23. The van der Waals surface area contributed by atoms with Crippen LogP contribution in [0.25, 0.3) is 0 Å². The van der Waals surface area contributed by atoms with Crippen LogP contribution in [-0.2, 0) is 6.54 Å². The second-order valence-corrected chi connectivity index (χ2v) is 3.56. The SMILES string of the molecule is Nc1cn(Cc2ccc(F)cc2)ccc1=O. The highest BCUT2D eigenvalue weighted by molar-refractivity contribution is 5.34. The fourth-order valence-corrected chi connectivity index (χ4v) is 1.44. The maximum absolute atomic E-state index is 12.7. The first-order valence-corrected chi connectivity index (χ1v) is 4.85. The number of hydrogen-bond acceptors (Lipinski definition) is 2. The van der Waals surface area contributed by atoms with Crippen LogP contribution in [0.4, 0.5) is 10.1 Å². The molecular formula is C12H11FN2O. The maximum atomic E-state index is 12.7. The molecule has 82 valence electrons. The molecule has 0 radical (unpaired) electrons. The Bertz CT molecular complexity index is 546. The highest BCUT2D eigenvalue weighted by Crippen LogP contribution is 2.05. The summed E-state index contributed by atoms with van der Waals surface area (Å²) in [5.74, 6) is -0.261. The molecule has 2 aromatic rings.